The van der Waals surface area contributed by atoms with Crippen LogP contribution in [0.15, 0.2) is 47.4 Å². The Labute approximate surface area is 134 Å². The number of rotatable bonds is 4. The van der Waals surface area contributed by atoms with Crippen molar-refractivity contribution in [3.8, 4) is 0 Å². The number of benzene rings is 2. The number of para-hydroxylation sites is 1. The van der Waals surface area contributed by atoms with E-state index >= 15 is 0 Å². The van der Waals surface area contributed by atoms with Gasteiger partial charge in [0.1, 0.15) is 4.90 Å². The van der Waals surface area contributed by atoms with Crippen LogP contribution in [0.3, 0.4) is 0 Å². The van der Waals surface area contributed by atoms with E-state index in [0.717, 1.165) is 0 Å². The van der Waals surface area contributed by atoms with Gasteiger partial charge in [-0.2, -0.15) is 0 Å². The minimum Gasteiger partial charge on any atom is -0.396 e. The van der Waals surface area contributed by atoms with Crippen LogP contribution in [-0.4, -0.2) is 15.0 Å². The van der Waals surface area contributed by atoms with Crippen molar-refractivity contribution < 1.29 is 8.42 Å². The molecule has 0 radical (unpaired) electrons. The van der Waals surface area contributed by atoms with Crippen molar-refractivity contribution in [3.63, 3.8) is 0 Å². The Kier molecular flexibility index (Phi) is 4.66. The molecule has 21 heavy (non-hydrogen) atoms. The van der Waals surface area contributed by atoms with Crippen LogP contribution >= 0.6 is 23.2 Å². The standard InChI is InChI=1S/C14H14Cl2N2O2S/c1-2-18(10-6-4-3-5-7-10)21(19,20)12-9-8-11(15)14(17)13(12)16/h3-9H,2,17H2,1H3. The number of halogens is 2. The normalized spacial score (nSPS) is 11.4. The maximum atomic E-state index is 12.8. The van der Waals surface area contributed by atoms with Gasteiger partial charge in [0.25, 0.3) is 10.0 Å². The van der Waals surface area contributed by atoms with Crippen LogP contribution < -0.4 is 10.0 Å². The van der Waals surface area contributed by atoms with Crippen LogP contribution in [-0.2, 0) is 10.0 Å². The SMILES string of the molecule is CCN(c1ccccc1)S(=O)(=O)c1ccc(Cl)c(N)c1Cl. The predicted molar refractivity (Wildman–Crippen MR) is 87.5 cm³/mol. The molecule has 2 rings (SSSR count). The lowest BCUT2D eigenvalue weighted by Gasteiger charge is -2.23. The van der Waals surface area contributed by atoms with Crippen molar-refractivity contribution in [2.75, 3.05) is 16.6 Å². The first-order chi connectivity index (χ1) is 9.89. The molecule has 0 bridgehead atoms. The molecule has 0 aromatic heterocycles. The molecule has 0 aliphatic heterocycles. The van der Waals surface area contributed by atoms with E-state index in [9.17, 15) is 8.42 Å². The van der Waals surface area contributed by atoms with Gasteiger partial charge in [0.05, 0.1) is 21.4 Å². The lowest BCUT2D eigenvalue weighted by molar-refractivity contribution is 0.592. The van der Waals surface area contributed by atoms with E-state index in [1.807, 2.05) is 6.07 Å². The molecule has 7 heteroatoms. The van der Waals surface area contributed by atoms with Gasteiger partial charge in [0.15, 0.2) is 0 Å². The van der Waals surface area contributed by atoms with Crippen molar-refractivity contribution in [2.24, 2.45) is 0 Å². The van der Waals surface area contributed by atoms with Gasteiger partial charge >= 0.3 is 0 Å². The highest BCUT2D eigenvalue weighted by molar-refractivity contribution is 7.93. The van der Waals surface area contributed by atoms with Gasteiger partial charge in [0.2, 0.25) is 0 Å². The highest BCUT2D eigenvalue weighted by Crippen LogP contribution is 2.35. The number of nitrogens with two attached hydrogens (primary N) is 1. The molecule has 0 saturated heterocycles. The quantitative estimate of drug-likeness (QED) is 0.858. The summed E-state index contributed by atoms with van der Waals surface area (Å²) in [6.07, 6.45) is 0. The molecule has 2 aromatic rings. The fourth-order valence-electron chi connectivity index (χ4n) is 1.95. The first-order valence-electron chi connectivity index (χ1n) is 6.20. The van der Waals surface area contributed by atoms with Crippen LogP contribution in [0.25, 0.3) is 0 Å². The summed E-state index contributed by atoms with van der Waals surface area (Å²) in [4.78, 5) is -0.0585. The first-order valence-corrected chi connectivity index (χ1v) is 8.40. The molecule has 0 spiro atoms. The number of sulfonamides is 1. The predicted octanol–water partition coefficient (Wildman–Crippen LogP) is 3.79. The molecule has 0 fully saturated rings. The fourth-order valence-corrected chi connectivity index (χ4v) is 4.17. The molecular formula is C14H14Cl2N2O2S. The van der Waals surface area contributed by atoms with E-state index < -0.39 is 10.0 Å². The summed E-state index contributed by atoms with van der Waals surface area (Å²) in [5.74, 6) is 0. The van der Waals surface area contributed by atoms with Crippen LogP contribution in [0, 0.1) is 0 Å². The van der Waals surface area contributed by atoms with Gasteiger partial charge in [-0.1, -0.05) is 41.4 Å². The van der Waals surface area contributed by atoms with Gasteiger partial charge in [0, 0.05) is 6.54 Å². The van der Waals surface area contributed by atoms with E-state index in [2.05, 4.69) is 0 Å². The Bertz CT molecular complexity index is 749. The summed E-state index contributed by atoms with van der Waals surface area (Å²) in [5.41, 5.74) is 6.33. The van der Waals surface area contributed by atoms with Gasteiger partial charge in [-0.25, -0.2) is 8.42 Å². The lowest BCUT2D eigenvalue weighted by atomic mass is 10.3. The summed E-state index contributed by atoms with van der Waals surface area (Å²) in [7, 11) is -3.81. The topological polar surface area (TPSA) is 63.4 Å². The highest BCUT2D eigenvalue weighted by Gasteiger charge is 2.27. The molecule has 0 atom stereocenters. The number of nitrogens with zero attached hydrogens (tertiary/aromatic N) is 1. The van der Waals surface area contributed by atoms with Gasteiger partial charge in [-0.15, -0.1) is 0 Å². The fraction of sp³-hybridized carbons (Fsp3) is 0.143. The molecule has 112 valence electrons. The Balaban J connectivity index is 2.58. The first kappa shape index (κ1) is 15.9. The van der Waals surface area contributed by atoms with Crippen LogP contribution in [0.1, 0.15) is 6.92 Å². The summed E-state index contributed by atoms with van der Waals surface area (Å²) in [5, 5.41) is 0.165. The molecular weight excluding hydrogens is 331 g/mol. The van der Waals surface area contributed by atoms with E-state index in [-0.39, 0.29) is 27.2 Å². The molecule has 2 aromatic carbocycles. The van der Waals surface area contributed by atoms with Crippen LogP contribution in [0.4, 0.5) is 11.4 Å². The third-order valence-corrected chi connectivity index (χ3v) is 5.78. The highest BCUT2D eigenvalue weighted by atomic mass is 35.5. The number of anilines is 2. The monoisotopic (exact) mass is 344 g/mol. The Morgan fingerprint density at radius 2 is 1.71 bits per heavy atom. The minimum atomic E-state index is -3.81. The molecule has 2 N–H and O–H groups in total. The molecule has 0 heterocycles. The maximum Gasteiger partial charge on any atom is 0.265 e. The molecule has 4 nitrogen and oxygen atoms in total. The number of nitrogen functional groups attached to an aromatic ring is 1. The Morgan fingerprint density at radius 3 is 2.29 bits per heavy atom. The van der Waals surface area contributed by atoms with Crippen molar-refractivity contribution in [1.29, 1.82) is 0 Å². The van der Waals surface area contributed by atoms with E-state index in [0.29, 0.717) is 5.69 Å². The molecule has 0 saturated carbocycles. The Hall–Kier alpha value is -1.43. The summed E-state index contributed by atoms with van der Waals surface area (Å²) >= 11 is 11.9. The van der Waals surface area contributed by atoms with Gasteiger partial charge in [-0.3, -0.25) is 4.31 Å². The second kappa shape index (κ2) is 6.13. The summed E-state index contributed by atoms with van der Waals surface area (Å²) in [6, 6.07) is 11.6. The molecule has 0 unspecified atom stereocenters. The second-order valence-corrected chi connectivity index (χ2v) is 6.89. The van der Waals surface area contributed by atoms with Crippen molar-refractivity contribution in [2.45, 2.75) is 11.8 Å². The zero-order chi connectivity index (χ0) is 15.6. The van der Waals surface area contributed by atoms with E-state index in [1.165, 1.54) is 16.4 Å². The van der Waals surface area contributed by atoms with Gasteiger partial charge in [-0.05, 0) is 31.2 Å². The average molecular weight is 345 g/mol. The van der Waals surface area contributed by atoms with E-state index in [4.69, 9.17) is 28.9 Å². The average Bonchev–Trinajstić information content (AvgIpc) is 2.46. The van der Waals surface area contributed by atoms with Crippen LogP contribution in [0.5, 0.6) is 0 Å². The molecule has 0 aliphatic rings. The Morgan fingerprint density at radius 1 is 1.10 bits per heavy atom. The minimum absolute atomic E-state index is 0.0584. The zero-order valence-electron chi connectivity index (χ0n) is 11.3. The lowest BCUT2D eigenvalue weighted by Crippen LogP contribution is -2.31. The zero-order valence-corrected chi connectivity index (χ0v) is 13.6. The third-order valence-electron chi connectivity index (χ3n) is 2.99. The summed E-state index contributed by atoms with van der Waals surface area (Å²) < 4.78 is 26.8. The van der Waals surface area contributed by atoms with Crippen molar-refractivity contribution in [3.05, 3.63) is 52.5 Å². The largest absolute Gasteiger partial charge is 0.396 e. The van der Waals surface area contributed by atoms with Crippen LogP contribution in [0.2, 0.25) is 10.0 Å². The van der Waals surface area contributed by atoms with Gasteiger partial charge < -0.3 is 5.73 Å². The van der Waals surface area contributed by atoms with Crippen molar-refractivity contribution in [1.82, 2.24) is 0 Å². The molecule has 0 amide bonds. The molecule has 0 aliphatic carbocycles. The maximum absolute atomic E-state index is 12.8. The summed E-state index contributed by atoms with van der Waals surface area (Å²) in [6.45, 7) is 2.02. The van der Waals surface area contributed by atoms with E-state index in [1.54, 1.807) is 31.2 Å². The second-order valence-electron chi connectivity index (χ2n) is 4.28. The van der Waals surface area contributed by atoms with Crippen molar-refractivity contribution >= 4 is 44.6 Å². The number of hydrogen-bond donors (Lipinski definition) is 1. The third kappa shape index (κ3) is 2.95. The smallest absolute Gasteiger partial charge is 0.265 e. The number of hydrogen-bond acceptors (Lipinski definition) is 3.